The van der Waals surface area contributed by atoms with Gasteiger partial charge in [-0.15, -0.1) is 12.3 Å². The van der Waals surface area contributed by atoms with Gasteiger partial charge in [0.2, 0.25) is 0 Å². The predicted molar refractivity (Wildman–Crippen MR) is 87.4 cm³/mol. The molecule has 0 spiro atoms. The molecule has 1 aliphatic rings. The fourth-order valence-electron chi connectivity index (χ4n) is 2.86. The van der Waals surface area contributed by atoms with Gasteiger partial charge in [0.05, 0.1) is 0 Å². The molecule has 0 saturated carbocycles. The van der Waals surface area contributed by atoms with Crippen LogP contribution in [-0.2, 0) is 0 Å². The number of aromatic amines is 1. The first-order chi connectivity index (χ1) is 10.8. The summed E-state index contributed by atoms with van der Waals surface area (Å²) in [5.74, 6) is 2.61. The molecule has 0 aliphatic carbocycles. The molecule has 2 heterocycles. The van der Waals surface area contributed by atoms with E-state index in [-0.39, 0.29) is 11.9 Å². The highest BCUT2D eigenvalue weighted by molar-refractivity contribution is 5.92. The molecule has 5 nitrogen and oxygen atoms in total. The average Bonchev–Trinajstić information content (AvgIpc) is 3.07. The summed E-state index contributed by atoms with van der Waals surface area (Å²) in [6, 6.07) is 1.97. The van der Waals surface area contributed by atoms with E-state index in [4.69, 9.17) is 6.42 Å². The summed E-state index contributed by atoms with van der Waals surface area (Å²) in [5, 5.41) is 9.64. The maximum Gasteiger partial charge on any atom is 0.271 e. The largest absolute Gasteiger partial charge is 0.348 e. The molecule has 2 rings (SSSR count). The van der Waals surface area contributed by atoms with Crippen molar-refractivity contribution in [2.75, 3.05) is 19.6 Å². The molecule has 1 fully saturated rings. The molecule has 0 radical (unpaired) electrons. The van der Waals surface area contributed by atoms with E-state index in [2.05, 4.69) is 26.3 Å². The lowest BCUT2D eigenvalue weighted by atomic mass is 10.0. The number of rotatable bonds is 8. The number of piperidine rings is 1. The molecule has 120 valence electrons. The number of nitrogens with one attached hydrogen (secondary N) is 2. The number of aromatic nitrogens is 2. The minimum atomic E-state index is -0.0757. The second kappa shape index (κ2) is 9.26. The number of nitrogens with zero attached hydrogens (tertiary/aromatic N) is 2. The van der Waals surface area contributed by atoms with Crippen LogP contribution in [0.3, 0.4) is 0 Å². The van der Waals surface area contributed by atoms with Gasteiger partial charge in [0.25, 0.3) is 5.91 Å². The Morgan fingerprint density at radius 3 is 2.82 bits per heavy atom. The van der Waals surface area contributed by atoms with Crippen molar-refractivity contribution < 1.29 is 4.79 Å². The second-order valence-corrected chi connectivity index (χ2v) is 5.92. The van der Waals surface area contributed by atoms with E-state index >= 15 is 0 Å². The van der Waals surface area contributed by atoms with E-state index in [0.717, 1.165) is 45.3 Å². The van der Waals surface area contributed by atoms with Gasteiger partial charge in [0, 0.05) is 31.7 Å². The van der Waals surface area contributed by atoms with Crippen LogP contribution in [0.15, 0.2) is 12.3 Å². The summed E-state index contributed by atoms with van der Waals surface area (Å²) in [4.78, 5) is 14.4. The molecule has 0 unspecified atom stereocenters. The second-order valence-electron chi connectivity index (χ2n) is 5.92. The van der Waals surface area contributed by atoms with Gasteiger partial charge in [-0.1, -0.05) is 12.8 Å². The topological polar surface area (TPSA) is 61.0 Å². The number of amides is 1. The van der Waals surface area contributed by atoms with Crippen LogP contribution in [0, 0.1) is 12.3 Å². The highest BCUT2D eigenvalue weighted by atomic mass is 16.2. The van der Waals surface area contributed by atoms with Crippen LogP contribution in [0.2, 0.25) is 0 Å². The van der Waals surface area contributed by atoms with Crippen LogP contribution in [0.5, 0.6) is 0 Å². The molecule has 0 bridgehead atoms. The van der Waals surface area contributed by atoms with Crippen molar-refractivity contribution >= 4 is 5.91 Å². The number of carbonyl (C=O) groups excluding carboxylic acids is 1. The van der Waals surface area contributed by atoms with E-state index < -0.39 is 0 Å². The lowest BCUT2D eigenvalue weighted by Crippen LogP contribution is -2.44. The van der Waals surface area contributed by atoms with Gasteiger partial charge in [-0.05, 0) is 38.3 Å². The maximum atomic E-state index is 11.9. The van der Waals surface area contributed by atoms with Crippen molar-refractivity contribution in [1.82, 2.24) is 20.4 Å². The van der Waals surface area contributed by atoms with Gasteiger partial charge in [-0.25, -0.2) is 0 Å². The normalized spacial score (nSPS) is 16.3. The van der Waals surface area contributed by atoms with E-state index in [0.29, 0.717) is 5.69 Å². The minimum absolute atomic E-state index is 0.0757. The molecule has 0 atom stereocenters. The number of terminal acetylenes is 1. The first-order valence-corrected chi connectivity index (χ1v) is 8.26. The summed E-state index contributed by atoms with van der Waals surface area (Å²) < 4.78 is 0. The zero-order valence-corrected chi connectivity index (χ0v) is 13.2. The minimum Gasteiger partial charge on any atom is -0.348 e. The Morgan fingerprint density at radius 2 is 2.14 bits per heavy atom. The Labute approximate surface area is 132 Å². The van der Waals surface area contributed by atoms with Gasteiger partial charge in [0.1, 0.15) is 5.69 Å². The van der Waals surface area contributed by atoms with Crippen molar-refractivity contribution in [1.29, 1.82) is 0 Å². The third-order valence-electron chi connectivity index (χ3n) is 4.20. The first-order valence-electron chi connectivity index (χ1n) is 8.26. The molecule has 1 saturated heterocycles. The van der Waals surface area contributed by atoms with E-state index in [1.165, 1.54) is 19.3 Å². The third-order valence-corrected chi connectivity index (χ3v) is 4.20. The molecule has 22 heavy (non-hydrogen) atoms. The van der Waals surface area contributed by atoms with E-state index in [1.54, 1.807) is 12.3 Å². The fourth-order valence-corrected chi connectivity index (χ4v) is 2.86. The van der Waals surface area contributed by atoms with Crippen LogP contribution in [0.1, 0.15) is 55.4 Å². The Hall–Kier alpha value is -1.80. The van der Waals surface area contributed by atoms with Gasteiger partial charge in [0.15, 0.2) is 0 Å². The summed E-state index contributed by atoms with van der Waals surface area (Å²) in [6.45, 7) is 3.29. The van der Waals surface area contributed by atoms with Crippen LogP contribution in [0.25, 0.3) is 0 Å². The Bertz CT molecular complexity index is 469. The first kappa shape index (κ1) is 16.6. The molecule has 1 aromatic rings. The molecule has 1 amide bonds. The zero-order chi connectivity index (χ0) is 15.6. The number of unbranched alkanes of at least 4 members (excludes halogenated alkanes) is 4. The van der Waals surface area contributed by atoms with Crippen molar-refractivity contribution in [3.8, 4) is 12.3 Å². The van der Waals surface area contributed by atoms with Crippen LogP contribution < -0.4 is 5.32 Å². The summed E-state index contributed by atoms with van der Waals surface area (Å²) >= 11 is 0. The third kappa shape index (κ3) is 5.53. The molecule has 1 aromatic heterocycles. The van der Waals surface area contributed by atoms with E-state index in [9.17, 15) is 4.79 Å². The highest BCUT2D eigenvalue weighted by Crippen LogP contribution is 2.12. The molecule has 1 aliphatic heterocycles. The Kier molecular flexibility index (Phi) is 6.98. The van der Waals surface area contributed by atoms with Crippen molar-refractivity contribution in [3.63, 3.8) is 0 Å². The van der Waals surface area contributed by atoms with Crippen LogP contribution >= 0.6 is 0 Å². The van der Waals surface area contributed by atoms with Crippen molar-refractivity contribution in [2.45, 2.75) is 51.0 Å². The van der Waals surface area contributed by atoms with Crippen molar-refractivity contribution in [3.05, 3.63) is 18.0 Å². The SMILES string of the molecule is C#CCCCCCCN1CCC(NC(=O)c2cc[nH]n2)CC1. The quantitative estimate of drug-likeness (QED) is 0.571. The molecular formula is C17H26N4O. The average molecular weight is 302 g/mol. The number of likely N-dealkylation sites (tertiary alicyclic amines) is 1. The number of hydrogen-bond acceptors (Lipinski definition) is 3. The van der Waals surface area contributed by atoms with Crippen molar-refractivity contribution in [2.24, 2.45) is 0 Å². The van der Waals surface area contributed by atoms with Gasteiger partial charge in [-0.2, -0.15) is 5.10 Å². The highest BCUT2D eigenvalue weighted by Gasteiger charge is 2.21. The van der Waals surface area contributed by atoms with Crippen LogP contribution in [0.4, 0.5) is 0 Å². The number of carbonyl (C=O) groups is 1. The molecule has 5 heteroatoms. The van der Waals surface area contributed by atoms with Gasteiger partial charge < -0.3 is 10.2 Å². The molecular weight excluding hydrogens is 276 g/mol. The van der Waals surface area contributed by atoms with Crippen LogP contribution in [-0.4, -0.2) is 46.7 Å². The van der Waals surface area contributed by atoms with Gasteiger partial charge >= 0.3 is 0 Å². The summed E-state index contributed by atoms with van der Waals surface area (Å²) in [5.41, 5.74) is 0.467. The Balaban J connectivity index is 1.56. The van der Waals surface area contributed by atoms with E-state index in [1.807, 2.05) is 0 Å². The monoisotopic (exact) mass is 302 g/mol. The predicted octanol–water partition coefficient (Wildman–Crippen LogP) is 2.19. The number of hydrogen-bond donors (Lipinski definition) is 2. The lowest BCUT2D eigenvalue weighted by Gasteiger charge is -2.32. The molecule has 0 aromatic carbocycles. The van der Waals surface area contributed by atoms with Gasteiger partial charge in [-0.3, -0.25) is 9.89 Å². The summed E-state index contributed by atoms with van der Waals surface area (Å²) in [7, 11) is 0. The fraction of sp³-hybridized carbons (Fsp3) is 0.647. The number of H-pyrrole nitrogens is 1. The smallest absolute Gasteiger partial charge is 0.271 e. The Morgan fingerprint density at radius 1 is 1.36 bits per heavy atom. The standard InChI is InChI=1S/C17H26N4O/c1-2-3-4-5-6-7-12-21-13-9-15(10-14-21)19-17(22)16-8-11-18-20-16/h1,8,11,15H,3-7,9-10,12-14H2,(H,18,20)(H,19,22). The molecule has 2 N–H and O–H groups in total. The summed E-state index contributed by atoms with van der Waals surface area (Å²) in [6.07, 6.45) is 14.8. The lowest BCUT2D eigenvalue weighted by molar-refractivity contribution is 0.0905. The zero-order valence-electron chi connectivity index (χ0n) is 13.2. The maximum absolute atomic E-state index is 11.9.